The third-order valence-electron chi connectivity index (χ3n) is 2.75. The summed E-state index contributed by atoms with van der Waals surface area (Å²) in [7, 11) is 0. The lowest BCUT2D eigenvalue weighted by atomic mass is 10.1. The molecule has 1 atom stereocenters. The van der Waals surface area contributed by atoms with Crippen LogP contribution in [-0.4, -0.2) is 11.1 Å². The first-order valence-electron chi connectivity index (χ1n) is 5.88. The molecule has 0 aliphatic carbocycles. The van der Waals surface area contributed by atoms with Gasteiger partial charge in [-0.2, -0.15) is 0 Å². The smallest absolute Gasteiger partial charge is 0.134 e. The number of hydrogen-bond acceptors (Lipinski definition) is 3. The Balaban J connectivity index is 1.85. The lowest BCUT2D eigenvalue weighted by Gasteiger charge is -2.13. The molecular weight excluding hydrogens is 266 g/mol. The van der Waals surface area contributed by atoms with Gasteiger partial charge in [-0.05, 0) is 42.5 Å². The average molecular weight is 282 g/mol. The van der Waals surface area contributed by atoms with Crippen molar-refractivity contribution in [3.8, 4) is 5.75 Å². The molecule has 1 unspecified atom stereocenters. The van der Waals surface area contributed by atoms with E-state index in [-0.39, 0.29) is 5.75 Å². The van der Waals surface area contributed by atoms with Crippen LogP contribution in [0.15, 0.2) is 35.7 Å². The number of phenolic OH excluding ortho intramolecular Hbond substituents is 1. The predicted octanol–water partition coefficient (Wildman–Crippen LogP) is 3.83. The standard InChI is InChI=1S/C14H16ClNOS/c1-10(7-12-3-2-6-18-12)16-9-11-4-5-14(17)13(15)8-11/h2-6,8,10,16-17H,7,9H2,1H3. The van der Waals surface area contributed by atoms with Crippen molar-refractivity contribution in [2.24, 2.45) is 0 Å². The van der Waals surface area contributed by atoms with Crippen LogP contribution >= 0.6 is 22.9 Å². The van der Waals surface area contributed by atoms with Crippen molar-refractivity contribution in [3.05, 3.63) is 51.2 Å². The van der Waals surface area contributed by atoms with Crippen molar-refractivity contribution in [1.82, 2.24) is 5.32 Å². The Kier molecular flexibility index (Phi) is 4.64. The minimum atomic E-state index is 0.132. The second-order valence-electron chi connectivity index (χ2n) is 4.35. The van der Waals surface area contributed by atoms with Gasteiger partial charge in [0.15, 0.2) is 0 Å². The number of rotatable bonds is 5. The van der Waals surface area contributed by atoms with Crippen molar-refractivity contribution in [2.75, 3.05) is 0 Å². The highest BCUT2D eigenvalue weighted by atomic mass is 35.5. The first kappa shape index (κ1) is 13.4. The molecule has 0 bridgehead atoms. The molecule has 0 aliphatic rings. The fourth-order valence-electron chi connectivity index (χ4n) is 1.76. The molecule has 0 saturated carbocycles. The zero-order valence-electron chi connectivity index (χ0n) is 10.2. The molecule has 0 spiro atoms. The summed E-state index contributed by atoms with van der Waals surface area (Å²) in [6, 6.07) is 9.94. The molecular formula is C14H16ClNOS. The van der Waals surface area contributed by atoms with Crippen LogP contribution in [0.2, 0.25) is 5.02 Å². The van der Waals surface area contributed by atoms with Gasteiger partial charge >= 0.3 is 0 Å². The molecule has 1 aromatic carbocycles. The van der Waals surface area contributed by atoms with E-state index < -0.39 is 0 Å². The van der Waals surface area contributed by atoms with Crippen molar-refractivity contribution in [2.45, 2.75) is 25.9 Å². The zero-order valence-corrected chi connectivity index (χ0v) is 11.8. The van der Waals surface area contributed by atoms with Crippen LogP contribution < -0.4 is 5.32 Å². The number of halogens is 1. The molecule has 0 aliphatic heterocycles. The Labute approximate surface area is 116 Å². The van der Waals surface area contributed by atoms with Crippen LogP contribution in [0.3, 0.4) is 0 Å². The lowest BCUT2D eigenvalue weighted by molar-refractivity contribution is 0.475. The quantitative estimate of drug-likeness (QED) is 0.873. The summed E-state index contributed by atoms with van der Waals surface area (Å²) in [4.78, 5) is 1.39. The molecule has 4 heteroatoms. The van der Waals surface area contributed by atoms with Crippen molar-refractivity contribution >= 4 is 22.9 Å². The maximum absolute atomic E-state index is 9.34. The summed E-state index contributed by atoms with van der Waals surface area (Å²) in [6.45, 7) is 2.92. The number of hydrogen-bond donors (Lipinski definition) is 2. The summed E-state index contributed by atoms with van der Waals surface area (Å²) in [5.74, 6) is 0.132. The van der Waals surface area contributed by atoms with E-state index in [9.17, 15) is 5.11 Å². The average Bonchev–Trinajstić information content (AvgIpc) is 2.83. The third kappa shape index (κ3) is 3.73. The lowest BCUT2D eigenvalue weighted by Crippen LogP contribution is -2.27. The number of nitrogens with one attached hydrogen (secondary N) is 1. The number of thiophene rings is 1. The van der Waals surface area contributed by atoms with Gasteiger partial charge < -0.3 is 10.4 Å². The van der Waals surface area contributed by atoms with Crippen LogP contribution in [0.4, 0.5) is 0 Å². The van der Waals surface area contributed by atoms with Gasteiger partial charge in [0.1, 0.15) is 5.75 Å². The summed E-state index contributed by atoms with van der Waals surface area (Å²) in [5, 5.41) is 15.3. The van der Waals surface area contributed by atoms with E-state index in [1.165, 1.54) is 4.88 Å². The molecule has 2 rings (SSSR count). The zero-order chi connectivity index (χ0) is 13.0. The summed E-state index contributed by atoms with van der Waals surface area (Å²) >= 11 is 7.65. The van der Waals surface area contributed by atoms with Crippen molar-refractivity contribution < 1.29 is 5.11 Å². The van der Waals surface area contributed by atoms with E-state index in [2.05, 4.69) is 29.8 Å². The molecule has 0 saturated heterocycles. The fraction of sp³-hybridized carbons (Fsp3) is 0.286. The van der Waals surface area contributed by atoms with Crippen LogP contribution in [0, 0.1) is 0 Å². The monoisotopic (exact) mass is 281 g/mol. The van der Waals surface area contributed by atoms with E-state index in [1.54, 1.807) is 23.5 Å². The Hall–Kier alpha value is -1.03. The maximum atomic E-state index is 9.34. The van der Waals surface area contributed by atoms with Gasteiger partial charge in [-0.1, -0.05) is 23.7 Å². The first-order valence-corrected chi connectivity index (χ1v) is 7.14. The van der Waals surface area contributed by atoms with Crippen LogP contribution in [0.5, 0.6) is 5.75 Å². The minimum absolute atomic E-state index is 0.132. The Morgan fingerprint density at radius 3 is 2.89 bits per heavy atom. The molecule has 0 radical (unpaired) electrons. The number of phenols is 1. The molecule has 1 aromatic heterocycles. The normalized spacial score (nSPS) is 12.6. The summed E-state index contributed by atoms with van der Waals surface area (Å²) in [5.41, 5.74) is 1.08. The maximum Gasteiger partial charge on any atom is 0.134 e. The van der Waals surface area contributed by atoms with Gasteiger partial charge in [0.05, 0.1) is 5.02 Å². The van der Waals surface area contributed by atoms with E-state index in [0.717, 1.165) is 18.5 Å². The minimum Gasteiger partial charge on any atom is -0.506 e. The summed E-state index contributed by atoms with van der Waals surface area (Å²) in [6.07, 6.45) is 1.03. The Morgan fingerprint density at radius 1 is 1.39 bits per heavy atom. The highest BCUT2D eigenvalue weighted by molar-refractivity contribution is 7.09. The van der Waals surface area contributed by atoms with E-state index in [4.69, 9.17) is 11.6 Å². The van der Waals surface area contributed by atoms with Crippen LogP contribution in [-0.2, 0) is 13.0 Å². The van der Waals surface area contributed by atoms with Crippen molar-refractivity contribution in [1.29, 1.82) is 0 Å². The van der Waals surface area contributed by atoms with Crippen LogP contribution in [0.1, 0.15) is 17.4 Å². The summed E-state index contributed by atoms with van der Waals surface area (Å²) < 4.78 is 0. The van der Waals surface area contributed by atoms with Gasteiger partial charge in [-0.3, -0.25) is 0 Å². The molecule has 2 N–H and O–H groups in total. The van der Waals surface area contributed by atoms with Crippen LogP contribution in [0.25, 0.3) is 0 Å². The first-order chi connectivity index (χ1) is 8.65. The Bertz CT molecular complexity index is 499. The van der Waals surface area contributed by atoms with Gasteiger partial charge in [0.2, 0.25) is 0 Å². The number of benzene rings is 1. The molecule has 0 amide bonds. The highest BCUT2D eigenvalue weighted by Crippen LogP contribution is 2.23. The predicted molar refractivity (Wildman–Crippen MR) is 77.4 cm³/mol. The van der Waals surface area contributed by atoms with Gasteiger partial charge in [0.25, 0.3) is 0 Å². The topological polar surface area (TPSA) is 32.3 Å². The van der Waals surface area contributed by atoms with E-state index in [1.807, 2.05) is 6.07 Å². The van der Waals surface area contributed by atoms with Gasteiger partial charge in [0, 0.05) is 17.5 Å². The molecule has 18 heavy (non-hydrogen) atoms. The number of aromatic hydroxyl groups is 1. The SMILES string of the molecule is CC(Cc1cccs1)NCc1ccc(O)c(Cl)c1. The molecule has 2 nitrogen and oxygen atoms in total. The second-order valence-corrected chi connectivity index (χ2v) is 5.79. The molecule has 2 aromatic rings. The Morgan fingerprint density at radius 2 is 2.22 bits per heavy atom. The van der Waals surface area contributed by atoms with Crippen molar-refractivity contribution in [3.63, 3.8) is 0 Å². The van der Waals surface area contributed by atoms with E-state index in [0.29, 0.717) is 11.1 Å². The van der Waals surface area contributed by atoms with Gasteiger partial charge in [-0.15, -0.1) is 11.3 Å². The second kappa shape index (κ2) is 6.23. The van der Waals surface area contributed by atoms with Gasteiger partial charge in [-0.25, -0.2) is 0 Å². The molecule has 0 fully saturated rings. The van der Waals surface area contributed by atoms with E-state index >= 15 is 0 Å². The largest absolute Gasteiger partial charge is 0.506 e. The molecule has 96 valence electrons. The molecule has 1 heterocycles. The fourth-order valence-corrected chi connectivity index (χ4v) is 2.79. The highest BCUT2D eigenvalue weighted by Gasteiger charge is 2.05. The third-order valence-corrected chi connectivity index (χ3v) is 3.96.